The van der Waals surface area contributed by atoms with Crippen LogP contribution in [0.2, 0.25) is 0 Å². The average Bonchev–Trinajstić information content (AvgIpc) is 2.75. The van der Waals surface area contributed by atoms with E-state index in [0.29, 0.717) is 12.1 Å². The van der Waals surface area contributed by atoms with Crippen LogP contribution in [-0.4, -0.2) is 15.3 Å². The van der Waals surface area contributed by atoms with Gasteiger partial charge in [-0.2, -0.15) is 0 Å². The van der Waals surface area contributed by atoms with E-state index in [1.165, 1.54) is 0 Å². The van der Waals surface area contributed by atoms with Crippen LogP contribution in [0.15, 0.2) is 28.4 Å². The van der Waals surface area contributed by atoms with Crippen LogP contribution in [0.25, 0.3) is 0 Å². The van der Waals surface area contributed by atoms with Gasteiger partial charge in [-0.05, 0) is 22.0 Å². The lowest BCUT2D eigenvalue weighted by molar-refractivity contribution is 0.0989. The van der Waals surface area contributed by atoms with Gasteiger partial charge in [-0.25, -0.2) is 4.98 Å². The fourth-order valence-electron chi connectivity index (χ4n) is 1.25. The van der Waals surface area contributed by atoms with Crippen LogP contribution in [0, 0.1) is 0 Å². The van der Waals surface area contributed by atoms with E-state index in [1.54, 1.807) is 28.4 Å². The molecule has 2 aromatic heterocycles. The van der Waals surface area contributed by atoms with E-state index in [4.69, 9.17) is 0 Å². The van der Waals surface area contributed by atoms with Crippen molar-refractivity contribution in [3.8, 4) is 0 Å². The first kappa shape index (κ1) is 10.6. The molecule has 0 aliphatic carbocycles. The summed E-state index contributed by atoms with van der Waals surface area (Å²) in [4.78, 5) is 16.8. The van der Waals surface area contributed by atoms with E-state index in [0.717, 1.165) is 9.35 Å². The number of hydrogen-bond donors (Lipinski definition) is 0. The molecule has 2 rings (SSSR count). The Balaban J connectivity index is 2.10. The molecule has 3 nitrogen and oxygen atoms in total. The molecular formula is C10H9BrN2OS. The van der Waals surface area contributed by atoms with Crippen LogP contribution < -0.4 is 0 Å². The maximum atomic E-state index is 11.8. The molecule has 78 valence electrons. The zero-order chi connectivity index (χ0) is 10.8. The Hall–Kier alpha value is -0.940. The SMILES string of the molecule is Cn1cnc(C(=O)Cc2cc(Br)cs2)c1. The van der Waals surface area contributed by atoms with Gasteiger partial charge < -0.3 is 4.57 Å². The molecule has 0 aliphatic rings. The number of imidazole rings is 1. The molecule has 0 bridgehead atoms. The van der Waals surface area contributed by atoms with E-state index in [9.17, 15) is 4.79 Å². The normalized spacial score (nSPS) is 10.5. The number of halogens is 1. The summed E-state index contributed by atoms with van der Waals surface area (Å²) in [6.07, 6.45) is 3.80. The number of carbonyl (C=O) groups excluding carboxylic acids is 1. The summed E-state index contributed by atoms with van der Waals surface area (Å²) in [6.45, 7) is 0. The van der Waals surface area contributed by atoms with Gasteiger partial charge >= 0.3 is 0 Å². The van der Waals surface area contributed by atoms with Gasteiger partial charge in [0.1, 0.15) is 5.69 Å². The minimum absolute atomic E-state index is 0.0601. The summed E-state index contributed by atoms with van der Waals surface area (Å²) in [5, 5.41) is 1.97. The summed E-state index contributed by atoms with van der Waals surface area (Å²) in [5.41, 5.74) is 0.530. The molecule has 0 spiro atoms. The summed E-state index contributed by atoms with van der Waals surface area (Å²) >= 11 is 4.94. The number of nitrogens with zero attached hydrogens (tertiary/aromatic N) is 2. The minimum Gasteiger partial charge on any atom is -0.340 e. The van der Waals surface area contributed by atoms with E-state index in [1.807, 2.05) is 18.5 Å². The van der Waals surface area contributed by atoms with Gasteiger partial charge in [0.05, 0.1) is 6.33 Å². The van der Waals surface area contributed by atoms with Crippen LogP contribution in [0.4, 0.5) is 0 Å². The molecular weight excluding hydrogens is 276 g/mol. The Morgan fingerprint density at radius 3 is 3.00 bits per heavy atom. The van der Waals surface area contributed by atoms with E-state index < -0.39 is 0 Å². The van der Waals surface area contributed by atoms with Crippen molar-refractivity contribution in [1.29, 1.82) is 0 Å². The molecule has 0 unspecified atom stereocenters. The Labute approximate surface area is 99.9 Å². The number of aromatic nitrogens is 2. The zero-order valence-electron chi connectivity index (χ0n) is 8.11. The predicted molar refractivity (Wildman–Crippen MR) is 63.3 cm³/mol. The molecule has 0 aromatic carbocycles. The zero-order valence-corrected chi connectivity index (χ0v) is 10.5. The molecule has 0 radical (unpaired) electrons. The molecule has 0 saturated carbocycles. The Kier molecular flexibility index (Phi) is 3.02. The second-order valence-corrected chi connectivity index (χ2v) is 5.17. The summed E-state index contributed by atoms with van der Waals surface area (Å²) in [5.74, 6) is 0.0601. The lowest BCUT2D eigenvalue weighted by atomic mass is 10.2. The molecule has 0 amide bonds. The highest BCUT2D eigenvalue weighted by molar-refractivity contribution is 9.10. The van der Waals surface area contributed by atoms with Crippen molar-refractivity contribution < 1.29 is 4.79 Å². The van der Waals surface area contributed by atoms with Crippen molar-refractivity contribution in [2.24, 2.45) is 7.05 Å². The van der Waals surface area contributed by atoms with Gasteiger partial charge in [-0.1, -0.05) is 0 Å². The maximum Gasteiger partial charge on any atom is 0.187 e. The van der Waals surface area contributed by atoms with Crippen molar-refractivity contribution in [2.45, 2.75) is 6.42 Å². The second-order valence-electron chi connectivity index (χ2n) is 3.26. The van der Waals surface area contributed by atoms with Crippen molar-refractivity contribution in [2.75, 3.05) is 0 Å². The first-order chi connectivity index (χ1) is 7.15. The Bertz CT molecular complexity index is 489. The molecule has 0 fully saturated rings. The average molecular weight is 285 g/mol. The second kappa shape index (κ2) is 4.28. The molecule has 0 atom stereocenters. The monoisotopic (exact) mass is 284 g/mol. The number of aryl methyl sites for hydroxylation is 1. The number of Topliss-reactive ketones (excluding diaryl/α,β-unsaturated/α-hetero) is 1. The van der Waals surface area contributed by atoms with Crippen molar-refractivity contribution in [3.63, 3.8) is 0 Å². The van der Waals surface area contributed by atoms with Gasteiger partial charge in [0.25, 0.3) is 0 Å². The largest absolute Gasteiger partial charge is 0.340 e. The van der Waals surface area contributed by atoms with Crippen molar-refractivity contribution >= 4 is 33.0 Å². The van der Waals surface area contributed by atoms with E-state index in [-0.39, 0.29) is 5.78 Å². The fourth-order valence-corrected chi connectivity index (χ4v) is 2.70. The molecule has 15 heavy (non-hydrogen) atoms. The van der Waals surface area contributed by atoms with Crippen LogP contribution >= 0.6 is 27.3 Å². The van der Waals surface area contributed by atoms with Crippen molar-refractivity contribution in [1.82, 2.24) is 9.55 Å². The topological polar surface area (TPSA) is 34.9 Å². The van der Waals surface area contributed by atoms with E-state index in [2.05, 4.69) is 20.9 Å². The minimum atomic E-state index is 0.0601. The molecule has 0 N–H and O–H groups in total. The van der Waals surface area contributed by atoms with Gasteiger partial charge in [0, 0.05) is 34.4 Å². The number of carbonyl (C=O) groups is 1. The summed E-state index contributed by atoms with van der Waals surface area (Å²) < 4.78 is 2.80. The Morgan fingerprint density at radius 1 is 1.67 bits per heavy atom. The molecule has 5 heteroatoms. The number of rotatable bonds is 3. The molecule has 0 saturated heterocycles. The third-order valence-electron chi connectivity index (χ3n) is 1.95. The number of hydrogen-bond acceptors (Lipinski definition) is 3. The third kappa shape index (κ3) is 2.54. The molecule has 2 heterocycles. The number of ketones is 1. The standard InChI is InChI=1S/C10H9BrN2OS/c1-13-4-9(12-6-13)10(14)3-8-2-7(11)5-15-8/h2,4-6H,3H2,1H3. The first-order valence-corrected chi connectivity index (χ1v) is 6.06. The van der Waals surface area contributed by atoms with E-state index >= 15 is 0 Å². The number of thiophene rings is 1. The quantitative estimate of drug-likeness (QED) is 0.813. The third-order valence-corrected chi connectivity index (χ3v) is 3.64. The van der Waals surface area contributed by atoms with Gasteiger partial charge in [0.15, 0.2) is 5.78 Å². The molecule has 0 aliphatic heterocycles. The lowest BCUT2D eigenvalue weighted by Crippen LogP contribution is -2.02. The smallest absolute Gasteiger partial charge is 0.187 e. The highest BCUT2D eigenvalue weighted by Crippen LogP contribution is 2.20. The van der Waals surface area contributed by atoms with Crippen LogP contribution in [0.3, 0.4) is 0 Å². The van der Waals surface area contributed by atoms with Crippen molar-refractivity contribution in [3.05, 3.63) is 39.0 Å². The fraction of sp³-hybridized carbons (Fsp3) is 0.200. The lowest BCUT2D eigenvalue weighted by Gasteiger charge is -1.93. The highest BCUT2D eigenvalue weighted by atomic mass is 79.9. The molecule has 2 aromatic rings. The summed E-state index contributed by atoms with van der Waals surface area (Å²) in [7, 11) is 1.85. The summed E-state index contributed by atoms with van der Waals surface area (Å²) in [6, 6.07) is 1.96. The van der Waals surface area contributed by atoms with Crippen LogP contribution in [0.1, 0.15) is 15.4 Å². The van der Waals surface area contributed by atoms with Gasteiger partial charge in [-0.15, -0.1) is 11.3 Å². The predicted octanol–water partition coefficient (Wildman–Crippen LogP) is 2.67. The van der Waals surface area contributed by atoms with Crippen LogP contribution in [-0.2, 0) is 13.5 Å². The maximum absolute atomic E-state index is 11.8. The Morgan fingerprint density at radius 2 is 2.47 bits per heavy atom. The van der Waals surface area contributed by atoms with Crippen LogP contribution in [0.5, 0.6) is 0 Å². The van der Waals surface area contributed by atoms with Gasteiger partial charge in [-0.3, -0.25) is 4.79 Å². The highest BCUT2D eigenvalue weighted by Gasteiger charge is 2.10. The first-order valence-electron chi connectivity index (χ1n) is 4.39. The van der Waals surface area contributed by atoms with Gasteiger partial charge in [0.2, 0.25) is 0 Å².